The van der Waals surface area contributed by atoms with Crippen molar-refractivity contribution in [3.63, 3.8) is 0 Å². The summed E-state index contributed by atoms with van der Waals surface area (Å²) in [7, 11) is 0. The Morgan fingerprint density at radius 3 is 2.46 bits per heavy atom. The van der Waals surface area contributed by atoms with Crippen LogP contribution in [0, 0.1) is 17.1 Å². The Morgan fingerprint density at radius 1 is 1.09 bits per heavy atom. The van der Waals surface area contributed by atoms with Gasteiger partial charge in [0.2, 0.25) is 0 Å². The topological polar surface area (TPSA) is 119 Å². The predicted octanol–water partition coefficient (Wildman–Crippen LogP) is 4.98. The van der Waals surface area contributed by atoms with Gasteiger partial charge in [-0.2, -0.15) is 10.4 Å². The van der Waals surface area contributed by atoms with E-state index in [9.17, 15) is 9.65 Å². The molecule has 178 valence electrons. The number of aromatic nitrogens is 3. The molecule has 0 aliphatic heterocycles. The van der Waals surface area contributed by atoms with Crippen LogP contribution in [0.4, 0.5) is 10.2 Å². The standard InChI is InChI=1S/C26H24FN5O3/c1-16(2)32-26(29)24(12-28)25(31-32)18-4-7-21(8-5-18)35-23-10-19(27)9-22(11-23)34-15-17-3-6-20(14-33)30-13-17/h3-11,13,16,33H,14-15,29H2,1-2H3. The molecule has 4 rings (SSSR count). The minimum atomic E-state index is -0.503. The third kappa shape index (κ3) is 5.39. The van der Waals surface area contributed by atoms with Gasteiger partial charge in [0, 0.05) is 41.6 Å². The summed E-state index contributed by atoms with van der Waals surface area (Å²) in [5, 5.41) is 23.1. The lowest BCUT2D eigenvalue weighted by Gasteiger charge is -2.10. The molecule has 2 aromatic heterocycles. The van der Waals surface area contributed by atoms with Gasteiger partial charge in [0.25, 0.3) is 0 Å². The molecule has 0 radical (unpaired) electrons. The second kappa shape index (κ2) is 10.2. The van der Waals surface area contributed by atoms with E-state index in [0.717, 1.165) is 5.56 Å². The highest BCUT2D eigenvalue weighted by Crippen LogP contribution is 2.32. The van der Waals surface area contributed by atoms with Crippen molar-refractivity contribution in [3.8, 4) is 34.6 Å². The van der Waals surface area contributed by atoms with Gasteiger partial charge in [0.1, 0.15) is 52.8 Å². The van der Waals surface area contributed by atoms with Crippen molar-refractivity contribution in [3.05, 3.63) is 83.4 Å². The zero-order valence-electron chi connectivity index (χ0n) is 19.3. The molecule has 3 N–H and O–H groups in total. The number of nitrogens with zero attached hydrogens (tertiary/aromatic N) is 4. The first-order valence-electron chi connectivity index (χ1n) is 10.9. The highest BCUT2D eigenvalue weighted by molar-refractivity contribution is 5.73. The number of rotatable bonds is 8. The summed E-state index contributed by atoms with van der Waals surface area (Å²) in [5.74, 6) is 0.870. The molecule has 2 heterocycles. The molecule has 0 atom stereocenters. The quantitative estimate of drug-likeness (QED) is 0.370. The highest BCUT2D eigenvalue weighted by Gasteiger charge is 2.18. The van der Waals surface area contributed by atoms with E-state index >= 15 is 0 Å². The average molecular weight is 474 g/mol. The van der Waals surface area contributed by atoms with E-state index in [1.165, 1.54) is 12.1 Å². The van der Waals surface area contributed by atoms with Crippen molar-refractivity contribution in [1.29, 1.82) is 5.26 Å². The van der Waals surface area contributed by atoms with Gasteiger partial charge >= 0.3 is 0 Å². The number of nitrogen functional groups attached to an aromatic ring is 1. The maximum Gasteiger partial charge on any atom is 0.140 e. The smallest absolute Gasteiger partial charge is 0.140 e. The van der Waals surface area contributed by atoms with E-state index in [-0.39, 0.29) is 25.0 Å². The van der Waals surface area contributed by atoms with Crippen molar-refractivity contribution in [1.82, 2.24) is 14.8 Å². The number of aliphatic hydroxyl groups is 1. The Bertz CT molecular complexity index is 1360. The van der Waals surface area contributed by atoms with Gasteiger partial charge in [-0.05, 0) is 44.2 Å². The van der Waals surface area contributed by atoms with Gasteiger partial charge in [-0.15, -0.1) is 0 Å². The minimum absolute atomic E-state index is 0.0130. The first-order chi connectivity index (χ1) is 16.9. The average Bonchev–Trinajstić information content (AvgIpc) is 3.19. The summed E-state index contributed by atoms with van der Waals surface area (Å²) in [6.45, 7) is 3.92. The maximum atomic E-state index is 14.2. The van der Waals surface area contributed by atoms with E-state index in [2.05, 4.69) is 16.2 Å². The van der Waals surface area contributed by atoms with Crippen LogP contribution in [0.25, 0.3) is 11.3 Å². The van der Waals surface area contributed by atoms with Crippen molar-refractivity contribution in [2.24, 2.45) is 0 Å². The van der Waals surface area contributed by atoms with E-state index in [0.29, 0.717) is 39.8 Å². The molecular formula is C26H24FN5O3. The van der Waals surface area contributed by atoms with Crippen LogP contribution in [-0.4, -0.2) is 19.9 Å². The summed E-state index contributed by atoms with van der Waals surface area (Å²) in [6.07, 6.45) is 1.60. The molecule has 0 unspecified atom stereocenters. The number of aliphatic hydroxyl groups excluding tert-OH is 1. The van der Waals surface area contributed by atoms with Crippen LogP contribution >= 0.6 is 0 Å². The Balaban J connectivity index is 1.48. The minimum Gasteiger partial charge on any atom is -0.489 e. The Kier molecular flexibility index (Phi) is 6.94. The predicted molar refractivity (Wildman–Crippen MR) is 128 cm³/mol. The lowest BCUT2D eigenvalue weighted by Crippen LogP contribution is -2.07. The van der Waals surface area contributed by atoms with Crippen LogP contribution in [-0.2, 0) is 13.2 Å². The number of hydrogen-bond donors (Lipinski definition) is 2. The second-order valence-electron chi connectivity index (χ2n) is 8.11. The SMILES string of the molecule is CC(C)n1nc(-c2ccc(Oc3cc(F)cc(OCc4ccc(CO)nc4)c3)cc2)c(C#N)c1N. The van der Waals surface area contributed by atoms with E-state index in [4.69, 9.17) is 20.3 Å². The lowest BCUT2D eigenvalue weighted by molar-refractivity contribution is 0.276. The molecule has 4 aromatic rings. The molecule has 35 heavy (non-hydrogen) atoms. The molecule has 0 saturated carbocycles. The number of nitriles is 1. The monoisotopic (exact) mass is 473 g/mol. The van der Waals surface area contributed by atoms with Gasteiger partial charge in [-0.25, -0.2) is 9.07 Å². The number of pyridine rings is 1. The highest BCUT2D eigenvalue weighted by atomic mass is 19.1. The molecule has 0 bridgehead atoms. The van der Waals surface area contributed by atoms with Gasteiger partial charge in [-0.1, -0.05) is 6.07 Å². The Hall–Kier alpha value is -4.42. The molecule has 0 saturated heterocycles. The van der Waals surface area contributed by atoms with Crippen LogP contribution < -0.4 is 15.2 Å². The van der Waals surface area contributed by atoms with Crippen LogP contribution in [0.2, 0.25) is 0 Å². The fourth-order valence-electron chi connectivity index (χ4n) is 3.45. The van der Waals surface area contributed by atoms with Gasteiger partial charge in [0.05, 0.1) is 12.3 Å². The molecule has 9 heteroatoms. The maximum absolute atomic E-state index is 14.2. The van der Waals surface area contributed by atoms with Gasteiger partial charge < -0.3 is 20.3 Å². The molecule has 8 nitrogen and oxygen atoms in total. The summed E-state index contributed by atoms with van der Waals surface area (Å²) < 4.78 is 27.3. The fraction of sp³-hybridized carbons (Fsp3) is 0.192. The van der Waals surface area contributed by atoms with E-state index in [1.807, 2.05) is 13.8 Å². The molecule has 0 aliphatic carbocycles. The summed E-state index contributed by atoms with van der Waals surface area (Å²) in [4.78, 5) is 4.10. The van der Waals surface area contributed by atoms with Crippen molar-refractivity contribution in [2.45, 2.75) is 33.1 Å². The summed E-state index contributed by atoms with van der Waals surface area (Å²) in [5.41, 5.74) is 8.94. The number of halogens is 1. The second-order valence-corrected chi connectivity index (χ2v) is 8.11. The van der Waals surface area contributed by atoms with E-state index in [1.54, 1.807) is 53.3 Å². The lowest BCUT2D eigenvalue weighted by atomic mass is 10.1. The van der Waals surface area contributed by atoms with E-state index < -0.39 is 5.82 Å². The van der Waals surface area contributed by atoms with Crippen LogP contribution in [0.5, 0.6) is 17.2 Å². The third-order valence-electron chi connectivity index (χ3n) is 5.21. The number of benzene rings is 2. The summed E-state index contributed by atoms with van der Waals surface area (Å²) >= 11 is 0. The molecule has 0 aliphatic rings. The molecular weight excluding hydrogens is 449 g/mol. The third-order valence-corrected chi connectivity index (χ3v) is 5.21. The Labute approximate surface area is 202 Å². The zero-order chi connectivity index (χ0) is 24.9. The first-order valence-corrected chi connectivity index (χ1v) is 10.9. The molecule has 2 aromatic carbocycles. The van der Waals surface area contributed by atoms with Crippen molar-refractivity contribution >= 4 is 5.82 Å². The van der Waals surface area contributed by atoms with Gasteiger partial charge in [0.15, 0.2) is 0 Å². The number of nitrogens with two attached hydrogens (primary N) is 1. The Morgan fingerprint density at radius 2 is 1.83 bits per heavy atom. The molecule has 0 amide bonds. The zero-order valence-corrected chi connectivity index (χ0v) is 19.3. The molecule has 0 fully saturated rings. The van der Waals surface area contributed by atoms with Gasteiger partial charge in [-0.3, -0.25) is 4.98 Å². The van der Waals surface area contributed by atoms with Crippen molar-refractivity contribution in [2.75, 3.05) is 5.73 Å². The largest absolute Gasteiger partial charge is 0.489 e. The number of ether oxygens (including phenoxy) is 2. The van der Waals surface area contributed by atoms with Crippen LogP contribution in [0.3, 0.4) is 0 Å². The van der Waals surface area contributed by atoms with Crippen molar-refractivity contribution < 1.29 is 19.0 Å². The normalized spacial score (nSPS) is 10.9. The van der Waals surface area contributed by atoms with Crippen LogP contribution in [0.1, 0.15) is 36.7 Å². The fourth-order valence-corrected chi connectivity index (χ4v) is 3.45. The number of anilines is 1. The molecule has 0 spiro atoms. The number of hydrogen-bond acceptors (Lipinski definition) is 7. The van der Waals surface area contributed by atoms with Crippen LogP contribution in [0.15, 0.2) is 60.8 Å². The summed E-state index contributed by atoms with van der Waals surface area (Å²) in [6, 6.07) is 16.7. The first kappa shape index (κ1) is 23.7.